The van der Waals surface area contributed by atoms with Gasteiger partial charge >= 0.3 is 0 Å². The number of nitrogens with zero attached hydrogens (tertiary/aromatic N) is 4. The Morgan fingerprint density at radius 3 is 2.55 bits per heavy atom. The highest BCUT2D eigenvalue weighted by atomic mass is 16.3. The second-order valence-corrected chi connectivity index (χ2v) is 8.38. The van der Waals surface area contributed by atoms with Crippen LogP contribution in [0.3, 0.4) is 0 Å². The van der Waals surface area contributed by atoms with Crippen molar-refractivity contribution in [1.82, 2.24) is 20.0 Å². The standard InChI is InChI=1S/C24H33N5O2/c1-25-24(29-15-13-28(14-16-29)23(30)22-8-5-17-31-22)26-18-21-10-12-27(19-21)11-9-20-6-3-2-4-7-20/h2-8,17,21H,9-16,18-19H2,1H3,(H,25,26). The van der Waals surface area contributed by atoms with Crippen molar-refractivity contribution in [2.24, 2.45) is 10.9 Å². The van der Waals surface area contributed by atoms with Gasteiger partial charge in [-0.15, -0.1) is 0 Å². The summed E-state index contributed by atoms with van der Waals surface area (Å²) >= 11 is 0. The summed E-state index contributed by atoms with van der Waals surface area (Å²) in [5.41, 5.74) is 1.41. The summed E-state index contributed by atoms with van der Waals surface area (Å²) in [7, 11) is 1.84. The van der Waals surface area contributed by atoms with E-state index in [0.29, 0.717) is 24.8 Å². The average molecular weight is 424 g/mol. The Labute approximate surface area is 184 Å². The molecule has 7 heteroatoms. The fourth-order valence-electron chi connectivity index (χ4n) is 4.46. The van der Waals surface area contributed by atoms with Crippen molar-refractivity contribution >= 4 is 11.9 Å². The third-order valence-electron chi connectivity index (χ3n) is 6.29. The van der Waals surface area contributed by atoms with E-state index in [1.165, 1.54) is 18.5 Å². The van der Waals surface area contributed by atoms with E-state index in [2.05, 4.69) is 50.4 Å². The minimum Gasteiger partial charge on any atom is -0.459 e. The normalized spacial score (nSPS) is 20.3. The number of guanidine groups is 1. The summed E-state index contributed by atoms with van der Waals surface area (Å²) in [4.78, 5) is 23.6. The van der Waals surface area contributed by atoms with Crippen LogP contribution in [0.4, 0.5) is 0 Å². The van der Waals surface area contributed by atoms with Crippen LogP contribution < -0.4 is 5.32 Å². The fraction of sp³-hybridized carbons (Fsp3) is 0.500. The molecule has 0 bridgehead atoms. The molecular formula is C24H33N5O2. The van der Waals surface area contributed by atoms with Gasteiger partial charge in [-0.2, -0.15) is 0 Å². The number of nitrogens with one attached hydrogen (secondary N) is 1. The molecule has 166 valence electrons. The lowest BCUT2D eigenvalue weighted by molar-refractivity contribution is 0.0657. The quantitative estimate of drug-likeness (QED) is 0.570. The maximum atomic E-state index is 12.4. The Hall–Kier alpha value is -2.80. The number of amides is 1. The molecule has 1 aromatic heterocycles. The van der Waals surface area contributed by atoms with Gasteiger partial charge in [0.2, 0.25) is 0 Å². The second kappa shape index (κ2) is 10.5. The summed E-state index contributed by atoms with van der Waals surface area (Å²) in [5, 5.41) is 3.57. The van der Waals surface area contributed by atoms with E-state index < -0.39 is 0 Å². The summed E-state index contributed by atoms with van der Waals surface area (Å²) in [6.45, 7) is 7.29. The molecule has 1 amide bonds. The van der Waals surface area contributed by atoms with Crippen molar-refractivity contribution in [3.05, 3.63) is 60.1 Å². The number of aliphatic imine (C=N–C) groups is 1. The molecule has 1 unspecified atom stereocenters. The van der Waals surface area contributed by atoms with Crippen molar-refractivity contribution in [2.75, 3.05) is 59.4 Å². The summed E-state index contributed by atoms with van der Waals surface area (Å²) in [6, 6.07) is 14.2. The average Bonchev–Trinajstić information content (AvgIpc) is 3.51. The number of carbonyl (C=O) groups excluding carboxylic acids is 1. The molecule has 2 fully saturated rings. The summed E-state index contributed by atoms with van der Waals surface area (Å²) < 4.78 is 5.25. The van der Waals surface area contributed by atoms with Crippen LogP contribution in [0.25, 0.3) is 0 Å². The molecule has 0 spiro atoms. The van der Waals surface area contributed by atoms with Gasteiger partial charge < -0.3 is 24.4 Å². The maximum absolute atomic E-state index is 12.4. The Morgan fingerprint density at radius 1 is 1.06 bits per heavy atom. The molecule has 0 saturated carbocycles. The molecule has 0 aliphatic carbocycles. The molecule has 7 nitrogen and oxygen atoms in total. The first-order valence-electron chi connectivity index (χ1n) is 11.3. The van der Waals surface area contributed by atoms with Crippen molar-refractivity contribution in [1.29, 1.82) is 0 Å². The predicted molar refractivity (Wildman–Crippen MR) is 122 cm³/mol. The van der Waals surface area contributed by atoms with Crippen LogP contribution in [0.5, 0.6) is 0 Å². The number of likely N-dealkylation sites (tertiary alicyclic amines) is 1. The highest BCUT2D eigenvalue weighted by molar-refractivity contribution is 5.91. The van der Waals surface area contributed by atoms with E-state index in [0.717, 1.165) is 45.1 Å². The third-order valence-corrected chi connectivity index (χ3v) is 6.29. The van der Waals surface area contributed by atoms with Crippen LogP contribution in [0.15, 0.2) is 58.1 Å². The topological polar surface area (TPSA) is 64.3 Å². The van der Waals surface area contributed by atoms with Gasteiger partial charge in [-0.1, -0.05) is 30.3 Å². The lowest BCUT2D eigenvalue weighted by Gasteiger charge is -2.36. The zero-order chi connectivity index (χ0) is 21.5. The van der Waals surface area contributed by atoms with Gasteiger partial charge in [-0.3, -0.25) is 9.79 Å². The van der Waals surface area contributed by atoms with Gasteiger partial charge in [0, 0.05) is 52.9 Å². The van der Waals surface area contributed by atoms with Crippen molar-refractivity contribution in [2.45, 2.75) is 12.8 Å². The minimum atomic E-state index is -0.0332. The number of hydrogen-bond donors (Lipinski definition) is 1. The number of furan rings is 1. The van der Waals surface area contributed by atoms with Crippen molar-refractivity contribution in [3.63, 3.8) is 0 Å². The molecule has 3 heterocycles. The molecule has 4 rings (SSSR count). The van der Waals surface area contributed by atoms with Crippen LogP contribution in [0.1, 0.15) is 22.5 Å². The molecule has 2 saturated heterocycles. The van der Waals surface area contributed by atoms with Crippen LogP contribution in [-0.4, -0.2) is 86.0 Å². The Bertz CT molecular complexity index is 844. The molecular weight excluding hydrogens is 390 g/mol. The summed E-state index contributed by atoms with van der Waals surface area (Å²) in [6.07, 6.45) is 3.88. The Morgan fingerprint density at radius 2 is 1.84 bits per heavy atom. The van der Waals surface area contributed by atoms with Crippen LogP contribution in [0, 0.1) is 5.92 Å². The first-order valence-corrected chi connectivity index (χ1v) is 11.3. The van der Waals surface area contributed by atoms with Crippen LogP contribution in [0.2, 0.25) is 0 Å². The first-order chi connectivity index (χ1) is 15.2. The molecule has 2 aliphatic heterocycles. The molecule has 1 atom stereocenters. The van der Waals surface area contributed by atoms with E-state index >= 15 is 0 Å². The molecule has 1 aromatic carbocycles. The number of hydrogen-bond acceptors (Lipinski definition) is 4. The smallest absolute Gasteiger partial charge is 0.289 e. The predicted octanol–water partition coefficient (Wildman–Crippen LogP) is 2.18. The molecule has 0 radical (unpaired) electrons. The SMILES string of the molecule is CN=C(NCC1CCN(CCc2ccccc2)C1)N1CCN(C(=O)c2ccco2)CC1. The van der Waals surface area contributed by atoms with E-state index in [1.807, 2.05) is 11.9 Å². The largest absolute Gasteiger partial charge is 0.459 e. The van der Waals surface area contributed by atoms with Gasteiger partial charge in [0.1, 0.15) is 0 Å². The molecule has 2 aromatic rings. The van der Waals surface area contributed by atoms with Gasteiger partial charge in [0.15, 0.2) is 11.7 Å². The molecule has 1 N–H and O–H groups in total. The monoisotopic (exact) mass is 423 g/mol. The lowest BCUT2D eigenvalue weighted by Crippen LogP contribution is -2.54. The third kappa shape index (κ3) is 5.67. The number of benzene rings is 1. The maximum Gasteiger partial charge on any atom is 0.289 e. The van der Waals surface area contributed by atoms with Crippen LogP contribution >= 0.6 is 0 Å². The Balaban J connectivity index is 1.18. The number of piperazine rings is 1. The van der Waals surface area contributed by atoms with E-state index in [1.54, 1.807) is 18.4 Å². The number of carbonyl (C=O) groups is 1. The van der Waals surface area contributed by atoms with Crippen molar-refractivity contribution < 1.29 is 9.21 Å². The number of rotatable bonds is 6. The lowest BCUT2D eigenvalue weighted by atomic mass is 10.1. The highest BCUT2D eigenvalue weighted by Gasteiger charge is 2.26. The van der Waals surface area contributed by atoms with Gasteiger partial charge in [-0.25, -0.2) is 0 Å². The first kappa shape index (κ1) is 21.4. The highest BCUT2D eigenvalue weighted by Crippen LogP contribution is 2.16. The van der Waals surface area contributed by atoms with Gasteiger partial charge in [0.05, 0.1) is 6.26 Å². The zero-order valence-electron chi connectivity index (χ0n) is 18.4. The summed E-state index contributed by atoms with van der Waals surface area (Å²) in [5.74, 6) is 1.96. The van der Waals surface area contributed by atoms with E-state index in [4.69, 9.17) is 4.42 Å². The second-order valence-electron chi connectivity index (χ2n) is 8.38. The Kier molecular flexibility index (Phi) is 7.25. The van der Waals surface area contributed by atoms with Crippen molar-refractivity contribution in [3.8, 4) is 0 Å². The zero-order valence-corrected chi connectivity index (χ0v) is 18.4. The van der Waals surface area contributed by atoms with E-state index in [-0.39, 0.29) is 5.91 Å². The van der Waals surface area contributed by atoms with Gasteiger partial charge in [0.25, 0.3) is 5.91 Å². The minimum absolute atomic E-state index is 0.0332. The molecule has 2 aliphatic rings. The van der Waals surface area contributed by atoms with Crippen LogP contribution in [-0.2, 0) is 6.42 Å². The van der Waals surface area contributed by atoms with Gasteiger partial charge in [-0.05, 0) is 43.0 Å². The van der Waals surface area contributed by atoms with E-state index in [9.17, 15) is 4.79 Å². The molecule has 31 heavy (non-hydrogen) atoms. The fourth-order valence-corrected chi connectivity index (χ4v) is 4.46.